The highest BCUT2D eigenvalue weighted by molar-refractivity contribution is 5.98. The zero-order chi connectivity index (χ0) is 27.9. The van der Waals surface area contributed by atoms with Crippen molar-refractivity contribution >= 4 is 5.91 Å². The van der Waals surface area contributed by atoms with Crippen molar-refractivity contribution in [1.29, 1.82) is 0 Å². The van der Waals surface area contributed by atoms with Gasteiger partial charge in [0.05, 0.1) is 19.8 Å². The molecule has 0 spiro atoms. The molecule has 0 fully saturated rings. The Kier molecular flexibility index (Phi) is 13.5. The van der Waals surface area contributed by atoms with E-state index in [4.69, 9.17) is 14.2 Å². The average molecular weight is 539 g/mol. The fraction of sp³-hybridized carbons (Fsp3) is 0.606. The van der Waals surface area contributed by atoms with E-state index in [-0.39, 0.29) is 12.1 Å². The van der Waals surface area contributed by atoms with Crippen molar-refractivity contribution in [2.75, 3.05) is 40.9 Å². The molecule has 0 aromatic heterocycles. The molecule has 216 valence electrons. The molecule has 2 aromatic rings. The van der Waals surface area contributed by atoms with Gasteiger partial charge in [0, 0.05) is 19.5 Å². The normalized spacial score (nSPS) is 14.8. The predicted octanol–water partition coefficient (Wildman–Crippen LogP) is 7.35. The Morgan fingerprint density at radius 2 is 1.54 bits per heavy atom. The van der Waals surface area contributed by atoms with E-state index in [0.717, 1.165) is 44.5 Å². The zero-order valence-corrected chi connectivity index (χ0v) is 24.8. The number of hydrogen-bond acceptors (Lipinski definition) is 5. The molecule has 6 nitrogen and oxygen atoms in total. The summed E-state index contributed by atoms with van der Waals surface area (Å²) in [6, 6.07) is 13.8. The number of carbonyl (C=O) groups excluding carboxylic acids is 1. The van der Waals surface area contributed by atoms with Crippen LogP contribution < -0.4 is 14.2 Å². The van der Waals surface area contributed by atoms with Gasteiger partial charge >= 0.3 is 0 Å². The van der Waals surface area contributed by atoms with Crippen LogP contribution in [0.25, 0.3) is 0 Å². The Morgan fingerprint density at radius 3 is 2.26 bits per heavy atom. The van der Waals surface area contributed by atoms with Gasteiger partial charge < -0.3 is 24.0 Å². The van der Waals surface area contributed by atoms with Gasteiger partial charge in [0.15, 0.2) is 6.23 Å². The summed E-state index contributed by atoms with van der Waals surface area (Å²) in [7, 11) is 5.48. The van der Waals surface area contributed by atoms with Crippen LogP contribution in [0.4, 0.5) is 0 Å². The Bertz CT molecular complexity index is 995. The van der Waals surface area contributed by atoms with Crippen molar-refractivity contribution in [2.24, 2.45) is 0 Å². The van der Waals surface area contributed by atoms with Crippen molar-refractivity contribution in [3.8, 4) is 17.2 Å². The maximum Gasteiger partial charge on any atom is 0.260 e. The van der Waals surface area contributed by atoms with Crippen LogP contribution in [-0.2, 0) is 6.42 Å². The molecule has 0 saturated carbocycles. The second kappa shape index (κ2) is 17.1. The lowest BCUT2D eigenvalue weighted by molar-refractivity contribution is 0.00358. The molecule has 0 bridgehead atoms. The van der Waals surface area contributed by atoms with Gasteiger partial charge in [0.2, 0.25) is 0 Å². The van der Waals surface area contributed by atoms with Crippen LogP contribution in [-0.4, -0.2) is 62.8 Å². The minimum Gasteiger partial charge on any atom is -0.497 e. The van der Waals surface area contributed by atoms with E-state index < -0.39 is 0 Å². The molecule has 0 saturated heterocycles. The molecule has 2 aromatic carbocycles. The summed E-state index contributed by atoms with van der Waals surface area (Å²) in [6.45, 7) is 4.82. The number of benzene rings is 2. The smallest absolute Gasteiger partial charge is 0.260 e. The van der Waals surface area contributed by atoms with Gasteiger partial charge in [-0.1, -0.05) is 70.4 Å². The molecule has 1 atom stereocenters. The fourth-order valence-electron chi connectivity index (χ4n) is 5.26. The number of carbonyl (C=O) groups is 1. The molecule has 1 aliphatic rings. The number of methoxy groups -OCH3 is 2. The van der Waals surface area contributed by atoms with E-state index in [1.807, 2.05) is 29.2 Å². The first-order chi connectivity index (χ1) is 19.0. The maximum absolute atomic E-state index is 13.6. The van der Waals surface area contributed by atoms with Gasteiger partial charge in [-0.05, 0) is 68.8 Å². The Morgan fingerprint density at radius 1 is 0.846 bits per heavy atom. The van der Waals surface area contributed by atoms with Crippen LogP contribution in [0.5, 0.6) is 17.2 Å². The van der Waals surface area contributed by atoms with Gasteiger partial charge in [0.25, 0.3) is 5.91 Å². The standard InChI is InChI=1S/C33H50N2O4/c1-5-6-7-8-9-10-11-12-13-18-32-35(33(36)30-26-29(38-4)19-20-31(30)39-32)23-15-22-34(2)24-21-27-16-14-17-28(25-27)37-3/h14,16-17,19-20,25-26,32H,5-13,15,18,21-24H2,1-4H3. The number of hydrogen-bond donors (Lipinski definition) is 0. The molecular formula is C33H50N2O4. The topological polar surface area (TPSA) is 51.2 Å². The fourth-order valence-corrected chi connectivity index (χ4v) is 5.26. The second-order valence-electron chi connectivity index (χ2n) is 10.8. The van der Waals surface area contributed by atoms with Crippen LogP contribution in [0.1, 0.15) is 93.5 Å². The van der Waals surface area contributed by atoms with Gasteiger partial charge in [-0.15, -0.1) is 0 Å². The molecule has 1 aliphatic heterocycles. The minimum absolute atomic E-state index is 0.0510. The summed E-state index contributed by atoms with van der Waals surface area (Å²) in [5.74, 6) is 2.30. The first kappa shape index (κ1) is 30.8. The largest absolute Gasteiger partial charge is 0.497 e. The number of likely N-dealkylation sites (N-methyl/N-ethyl adjacent to an activating group) is 1. The van der Waals surface area contributed by atoms with Gasteiger partial charge in [0.1, 0.15) is 17.2 Å². The summed E-state index contributed by atoms with van der Waals surface area (Å²) in [5, 5.41) is 0. The maximum atomic E-state index is 13.6. The van der Waals surface area contributed by atoms with Crippen LogP contribution in [0.15, 0.2) is 42.5 Å². The number of nitrogens with zero attached hydrogens (tertiary/aromatic N) is 2. The zero-order valence-electron chi connectivity index (χ0n) is 24.8. The van der Waals surface area contributed by atoms with E-state index in [9.17, 15) is 4.79 Å². The van der Waals surface area contributed by atoms with Crippen LogP contribution in [0.2, 0.25) is 0 Å². The molecule has 1 heterocycles. The van der Waals surface area contributed by atoms with Crippen molar-refractivity contribution in [2.45, 2.75) is 90.2 Å². The second-order valence-corrected chi connectivity index (χ2v) is 10.8. The summed E-state index contributed by atoms with van der Waals surface area (Å²) in [5.41, 5.74) is 1.87. The number of ether oxygens (including phenoxy) is 3. The quantitative estimate of drug-likeness (QED) is 0.175. The van der Waals surface area contributed by atoms with E-state index in [1.54, 1.807) is 20.3 Å². The number of rotatable bonds is 19. The predicted molar refractivity (Wildman–Crippen MR) is 159 cm³/mol. The van der Waals surface area contributed by atoms with Crippen LogP contribution in [0.3, 0.4) is 0 Å². The molecule has 0 radical (unpaired) electrons. The highest BCUT2D eigenvalue weighted by Gasteiger charge is 2.33. The monoisotopic (exact) mass is 538 g/mol. The van der Waals surface area contributed by atoms with Crippen molar-refractivity contribution < 1.29 is 19.0 Å². The molecule has 1 unspecified atom stereocenters. The van der Waals surface area contributed by atoms with Gasteiger partial charge in [-0.3, -0.25) is 4.79 Å². The SMILES string of the molecule is CCCCCCCCCCCC1Oc2ccc(OC)cc2C(=O)N1CCCN(C)CCc1cccc(OC)c1. The average Bonchev–Trinajstić information content (AvgIpc) is 2.96. The van der Waals surface area contributed by atoms with Gasteiger partial charge in [-0.25, -0.2) is 0 Å². The third-order valence-electron chi connectivity index (χ3n) is 7.70. The molecule has 1 amide bonds. The number of amides is 1. The van der Waals surface area contributed by atoms with Crippen molar-refractivity contribution in [3.63, 3.8) is 0 Å². The summed E-state index contributed by atoms with van der Waals surface area (Å²) >= 11 is 0. The molecule has 3 rings (SSSR count). The number of fused-ring (bicyclic) bond motifs is 1. The first-order valence-electron chi connectivity index (χ1n) is 15.0. The van der Waals surface area contributed by atoms with E-state index in [1.165, 1.54) is 56.9 Å². The highest BCUT2D eigenvalue weighted by atomic mass is 16.5. The summed E-state index contributed by atoms with van der Waals surface area (Å²) in [4.78, 5) is 17.8. The molecule has 6 heteroatoms. The minimum atomic E-state index is -0.204. The molecular weight excluding hydrogens is 488 g/mol. The third-order valence-corrected chi connectivity index (χ3v) is 7.70. The summed E-state index contributed by atoms with van der Waals surface area (Å²) in [6.07, 6.45) is 14.1. The van der Waals surface area contributed by atoms with Gasteiger partial charge in [-0.2, -0.15) is 0 Å². The van der Waals surface area contributed by atoms with Crippen molar-refractivity contribution in [3.05, 3.63) is 53.6 Å². The van der Waals surface area contributed by atoms with E-state index >= 15 is 0 Å². The summed E-state index contributed by atoms with van der Waals surface area (Å²) < 4.78 is 17.1. The number of unbranched alkanes of at least 4 members (excludes halogenated alkanes) is 8. The third kappa shape index (κ3) is 10.1. The Balaban J connectivity index is 1.50. The van der Waals surface area contributed by atoms with Crippen molar-refractivity contribution in [1.82, 2.24) is 9.80 Å². The van der Waals surface area contributed by atoms with E-state index in [0.29, 0.717) is 23.6 Å². The lowest BCUT2D eigenvalue weighted by Crippen LogP contribution is -2.48. The lowest BCUT2D eigenvalue weighted by Gasteiger charge is -2.37. The van der Waals surface area contributed by atoms with E-state index in [2.05, 4.69) is 31.0 Å². The van der Waals surface area contributed by atoms with Crippen LogP contribution >= 0.6 is 0 Å². The lowest BCUT2D eigenvalue weighted by atomic mass is 10.0. The molecule has 0 aliphatic carbocycles. The molecule has 0 N–H and O–H groups in total. The Labute approximate surface area is 236 Å². The first-order valence-corrected chi connectivity index (χ1v) is 15.0. The molecule has 39 heavy (non-hydrogen) atoms. The highest BCUT2D eigenvalue weighted by Crippen LogP contribution is 2.33. The van der Waals surface area contributed by atoms with Crippen LogP contribution in [0, 0.1) is 0 Å². The Hall–Kier alpha value is -2.73.